The molecule has 0 amide bonds. The molecule has 0 unspecified atom stereocenters. The van der Waals surface area contributed by atoms with Crippen LogP contribution in [0, 0.1) is 0 Å². The summed E-state index contributed by atoms with van der Waals surface area (Å²) in [5, 5.41) is 3.86. The Morgan fingerprint density at radius 1 is 1.25 bits per heavy atom. The summed E-state index contributed by atoms with van der Waals surface area (Å²) in [4.78, 5) is 20.3. The molecular formula is C16H14FN7. The van der Waals surface area contributed by atoms with E-state index >= 15 is 0 Å². The fourth-order valence-corrected chi connectivity index (χ4v) is 2.74. The van der Waals surface area contributed by atoms with Gasteiger partial charge in [-0.2, -0.15) is 4.98 Å². The predicted molar refractivity (Wildman–Crippen MR) is 87.4 cm³/mol. The average Bonchev–Trinajstić information content (AvgIpc) is 3.02. The molecule has 4 heterocycles. The molecule has 0 atom stereocenters. The molecule has 4 aromatic heterocycles. The SMILES string of the molecule is FC1(CNc2ncc3c(-c4cnc5nccn5c4)c[nH]c3n2)CC1. The van der Waals surface area contributed by atoms with Gasteiger partial charge in [-0.05, 0) is 12.8 Å². The smallest absolute Gasteiger partial charge is 0.233 e. The van der Waals surface area contributed by atoms with Crippen LogP contribution in [0.4, 0.5) is 10.3 Å². The monoisotopic (exact) mass is 323 g/mol. The summed E-state index contributed by atoms with van der Waals surface area (Å²) in [6.07, 6.45) is 12.1. The van der Waals surface area contributed by atoms with E-state index in [1.165, 1.54) is 0 Å². The molecule has 2 N–H and O–H groups in total. The first kappa shape index (κ1) is 13.4. The Morgan fingerprint density at radius 3 is 3.04 bits per heavy atom. The number of H-pyrrole nitrogens is 1. The summed E-state index contributed by atoms with van der Waals surface area (Å²) >= 11 is 0. The second-order valence-corrected chi connectivity index (χ2v) is 6.14. The maximum atomic E-state index is 13.7. The van der Waals surface area contributed by atoms with Crippen molar-refractivity contribution in [1.29, 1.82) is 0 Å². The Morgan fingerprint density at radius 2 is 2.17 bits per heavy atom. The van der Waals surface area contributed by atoms with Gasteiger partial charge in [-0.25, -0.2) is 19.3 Å². The van der Waals surface area contributed by atoms with Crippen molar-refractivity contribution < 1.29 is 4.39 Å². The van der Waals surface area contributed by atoms with Crippen LogP contribution in [0.1, 0.15) is 12.8 Å². The summed E-state index contributed by atoms with van der Waals surface area (Å²) in [7, 11) is 0. The van der Waals surface area contributed by atoms with E-state index in [0.717, 1.165) is 16.5 Å². The Kier molecular flexibility index (Phi) is 2.64. The van der Waals surface area contributed by atoms with Crippen molar-refractivity contribution in [3.8, 4) is 11.1 Å². The number of anilines is 1. The van der Waals surface area contributed by atoms with Gasteiger partial charge < -0.3 is 10.3 Å². The average molecular weight is 323 g/mol. The number of aromatic amines is 1. The van der Waals surface area contributed by atoms with Crippen LogP contribution >= 0.6 is 0 Å². The van der Waals surface area contributed by atoms with Crippen LogP contribution in [0.25, 0.3) is 27.9 Å². The molecule has 1 fully saturated rings. The zero-order valence-electron chi connectivity index (χ0n) is 12.7. The van der Waals surface area contributed by atoms with Gasteiger partial charge in [0.25, 0.3) is 0 Å². The number of hydrogen-bond donors (Lipinski definition) is 2. The van der Waals surface area contributed by atoms with Crippen LogP contribution in [0.2, 0.25) is 0 Å². The van der Waals surface area contributed by atoms with Gasteiger partial charge in [0.15, 0.2) is 0 Å². The van der Waals surface area contributed by atoms with E-state index in [2.05, 4.69) is 30.2 Å². The van der Waals surface area contributed by atoms with Crippen molar-refractivity contribution in [2.24, 2.45) is 0 Å². The van der Waals surface area contributed by atoms with Gasteiger partial charge in [0.05, 0.1) is 6.54 Å². The molecule has 24 heavy (non-hydrogen) atoms. The zero-order chi connectivity index (χ0) is 16.1. The first-order valence-electron chi connectivity index (χ1n) is 7.76. The van der Waals surface area contributed by atoms with Crippen molar-refractivity contribution in [3.05, 3.63) is 37.2 Å². The fraction of sp³-hybridized carbons (Fsp3) is 0.250. The molecule has 0 radical (unpaired) electrons. The van der Waals surface area contributed by atoms with Crippen molar-refractivity contribution in [2.75, 3.05) is 11.9 Å². The van der Waals surface area contributed by atoms with Crippen LogP contribution in [0.5, 0.6) is 0 Å². The zero-order valence-corrected chi connectivity index (χ0v) is 12.7. The van der Waals surface area contributed by atoms with E-state index in [1.54, 1.807) is 18.6 Å². The second-order valence-electron chi connectivity index (χ2n) is 6.14. The van der Waals surface area contributed by atoms with E-state index < -0.39 is 5.67 Å². The topological polar surface area (TPSA) is 83.8 Å². The number of halogens is 1. The van der Waals surface area contributed by atoms with Crippen molar-refractivity contribution >= 4 is 22.8 Å². The normalized spacial score (nSPS) is 15.9. The number of imidazole rings is 1. The van der Waals surface area contributed by atoms with Crippen molar-refractivity contribution in [1.82, 2.24) is 29.3 Å². The minimum Gasteiger partial charge on any atom is -0.351 e. The summed E-state index contributed by atoms with van der Waals surface area (Å²) in [6, 6.07) is 0. The number of nitrogens with zero attached hydrogens (tertiary/aromatic N) is 5. The van der Waals surface area contributed by atoms with Crippen LogP contribution < -0.4 is 5.32 Å². The minimum absolute atomic E-state index is 0.257. The highest BCUT2D eigenvalue weighted by Gasteiger charge is 2.43. The number of alkyl halides is 1. The molecule has 0 aromatic carbocycles. The Bertz CT molecular complexity index is 1050. The van der Waals surface area contributed by atoms with Crippen LogP contribution in [0.3, 0.4) is 0 Å². The van der Waals surface area contributed by atoms with Gasteiger partial charge in [0, 0.05) is 53.7 Å². The number of fused-ring (bicyclic) bond motifs is 2. The fourth-order valence-electron chi connectivity index (χ4n) is 2.74. The Balaban J connectivity index is 1.50. The summed E-state index contributed by atoms with van der Waals surface area (Å²) in [5.41, 5.74) is 1.53. The van der Waals surface area contributed by atoms with Gasteiger partial charge in [-0.3, -0.25) is 4.40 Å². The van der Waals surface area contributed by atoms with Crippen LogP contribution in [-0.2, 0) is 0 Å². The van der Waals surface area contributed by atoms with Crippen molar-refractivity contribution in [3.63, 3.8) is 0 Å². The predicted octanol–water partition coefficient (Wildman–Crippen LogP) is 2.58. The molecule has 8 heteroatoms. The highest BCUT2D eigenvalue weighted by molar-refractivity contribution is 5.93. The quantitative estimate of drug-likeness (QED) is 0.603. The number of aromatic nitrogens is 6. The van der Waals surface area contributed by atoms with Crippen LogP contribution in [-0.4, -0.2) is 41.5 Å². The maximum Gasteiger partial charge on any atom is 0.233 e. The lowest BCUT2D eigenvalue weighted by Gasteiger charge is -2.07. The highest BCUT2D eigenvalue weighted by Crippen LogP contribution is 2.39. The molecule has 0 bridgehead atoms. The number of hydrogen-bond acceptors (Lipinski definition) is 5. The first-order valence-corrected chi connectivity index (χ1v) is 7.76. The molecule has 7 nitrogen and oxygen atoms in total. The molecule has 0 spiro atoms. The van der Waals surface area contributed by atoms with Crippen molar-refractivity contribution in [2.45, 2.75) is 18.5 Å². The summed E-state index contributed by atoms with van der Waals surface area (Å²) in [6.45, 7) is 0.257. The molecule has 0 saturated heterocycles. The maximum absolute atomic E-state index is 13.7. The summed E-state index contributed by atoms with van der Waals surface area (Å²) < 4.78 is 15.5. The van der Waals surface area contributed by atoms with E-state index in [-0.39, 0.29) is 6.54 Å². The van der Waals surface area contributed by atoms with E-state index in [0.29, 0.717) is 30.2 Å². The highest BCUT2D eigenvalue weighted by atomic mass is 19.1. The van der Waals surface area contributed by atoms with Gasteiger partial charge >= 0.3 is 0 Å². The minimum atomic E-state index is -1.08. The van der Waals surface area contributed by atoms with E-state index in [1.807, 2.05) is 23.0 Å². The standard InChI is InChI=1S/C16H14FN7/c17-16(1-2-16)9-22-14-20-7-12-11(6-19-13(12)23-14)10-5-21-15-18-3-4-24(15)8-10/h3-8H,1-2,9H2,(H2,19,20,22,23). The van der Waals surface area contributed by atoms with E-state index in [9.17, 15) is 4.39 Å². The third-order valence-electron chi connectivity index (χ3n) is 4.34. The lowest BCUT2D eigenvalue weighted by atomic mass is 10.1. The molecule has 1 saturated carbocycles. The molecule has 1 aliphatic rings. The molecule has 1 aliphatic carbocycles. The largest absolute Gasteiger partial charge is 0.351 e. The molecule has 120 valence electrons. The lowest BCUT2D eigenvalue weighted by molar-refractivity contribution is 0.326. The third kappa shape index (κ3) is 2.18. The lowest BCUT2D eigenvalue weighted by Crippen LogP contribution is -2.17. The van der Waals surface area contributed by atoms with E-state index in [4.69, 9.17) is 0 Å². The summed E-state index contributed by atoms with van der Waals surface area (Å²) in [5.74, 6) is 1.09. The number of nitrogens with one attached hydrogen (secondary N) is 2. The molecule has 5 rings (SSSR count). The van der Waals surface area contributed by atoms with Gasteiger partial charge in [-0.1, -0.05) is 0 Å². The van der Waals surface area contributed by atoms with Gasteiger partial charge in [0.1, 0.15) is 11.3 Å². The van der Waals surface area contributed by atoms with Gasteiger partial charge in [0.2, 0.25) is 11.7 Å². The second kappa shape index (κ2) is 4.73. The molecule has 0 aliphatic heterocycles. The third-order valence-corrected chi connectivity index (χ3v) is 4.34. The number of rotatable bonds is 4. The Hall–Kier alpha value is -3.03. The molecular weight excluding hydrogens is 309 g/mol. The molecule has 4 aromatic rings. The van der Waals surface area contributed by atoms with Crippen LogP contribution in [0.15, 0.2) is 37.2 Å². The first-order chi connectivity index (χ1) is 11.7. The van der Waals surface area contributed by atoms with Gasteiger partial charge in [-0.15, -0.1) is 0 Å². The Labute approximate surface area is 136 Å².